The van der Waals surface area contributed by atoms with Crippen molar-refractivity contribution in [3.63, 3.8) is 0 Å². The third kappa shape index (κ3) is 3.51. The van der Waals surface area contributed by atoms with E-state index in [-0.39, 0.29) is 22.5 Å². The topological polar surface area (TPSA) is 54.5 Å². The Bertz CT molecular complexity index is 994. The Morgan fingerprint density at radius 1 is 0.964 bits per heavy atom. The zero-order chi connectivity index (χ0) is 19.7. The van der Waals surface area contributed by atoms with Crippen LogP contribution in [0.4, 0.5) is 0 Å². The summed E-state index contributed by atoms with van der Waals surface area (Å²) in [5.41, 5.74) is 2.55. The Balaban J connectivity index is 1.84. The maximum Gasteiger partial charge on any atom is 0.264 e. The second-order valence-electron chi connectivity index (χ2n) is 7.74. The summed E-state index contributed by atoms with van der Waals surface area (Å²) in [6, 6.07) is 16.6. The summed E-state index contributed by atoms with van der Waals surface area (Å²) in [5.74, 6) is -0.173. The maximum atomic E-state index is 13.5. The summed E-state index contributed by atoms with van der Waals surface area (Å²) in [4.78, 5) is 13.3. The summed E-state index contributed by atoms with van der Waals surface area (Å²) in [7, 11) is -3.72. The molecule has 2 fully saturated rings. The smallest absolute Gasteiger partial charge is 0.264 e. The van der Waals surface area contributed by atoms with Crippen molar-refractivity contribution in [2.75, 3.05) is 6.54 Å². The van der Waals surface area contributed by atoms with Crippen LogP contribution in [-0.2, 0) is 14.8 Å². The van der Waals surface area contributed by atoms with Crippen molar-refractivity contribution in [3.05, 3.63) is 71.4 Å². The fraction of sp³-hybridized carbons (Fsp3) is 0.348. The molecule has 2 unspecified atom stereocenters. The van der Waals surface area contributed by atoms with Gasteiger partial charge in [-0.1, -0.05) is 54.4 Å². The van der Waals surface area contributed by atoms with Crippen LogP contribution in [-0.4, -0.2) is 25.1 Å². The number of aryl methyl sites for hydroxylation is 1. The van der Waals surface area contributed by atoms with Crippen LogP contribution in [0, 0.1) is 18.8 Å². The third-order valence-corrected chi connectivity index (χ3v) is 7.68. The van der Waals surface area contributed by atoms with Crippen LogP contribution in [0.1, 0.15) is 36.8 Å². The number of carbonyl (C=O) groups excluding carboxylic acids is 1. The highest BCUT2D eigenvalue weighted by atomic mass is 32.2. The van der Waals surface area contributed by atoms with Gasteiger partial charge in [-0.2, -0.15) is 0 Å². The predicted molar refractivity (Wildman–Crippen MR) is 110 cm³/mol. The van der Waals surface area contributed by atoms with Crippen LogP contribution in [0.15, 0.2) is 65.2 Å². The predicted octanol–water partition coefficient (Wildman–Crippen LogP) is 4.42. The highest BCUT2D eigenvalue weighted by Crippen LogP contribution is 2.40. The fourth-order valence-corrected chi connectivity index (χ4v) is 5.82. The lowest BCUT2D eigenvalue weighted by molar-refractivity contribution is -0.127. The molecule has 2 aliphatic rings. The number of benzene rings is 2. The highest BCUT2D eigenvalue weighted by Gasteiger charge is 2.42. The Morgan fingerprint density at radius 2 is 1.68 bits per heavy atom. The van der Waals surface area contributed by atoms with Crippen molar-refractivity contribution in [3.8, 4) is 0 Å². The average Bonchev–Trinajstić information content (AvgIpc) is 2.76. The molecule has 4 nitrogen and oxygen atoms in total. The molecule has 1 heterocycles. The Morgan fingerprint density at radius 3 is 2.39 bits per heavy atom. The van der Waals surface area contributed by atoms with Gasteiger partial charge in [0.25, 0.3) is 10.0 Å². The number of nitrogens with zero attached hydrogens (tertiary/aromatic N) is 1. The lowest BCUT2D eigenvalue weighted by Crippen LogP contribution is -2.34. The molecule has 2 bridgehead atoms. The SMILES string of the molecule is Cc1ccc(S(=O)(=O)N2CCC3CCCC(C3=O)/C2=C\c2ccccc2)cc1. The Kier molecular flexibility index (Phi) is 5.11. The minimum atomic E-state index is -3.72. The van der Waals surface area contributed by atoms with Crippen LogP contribution >= 0.6 is 0 Å². The Hall–Kier alpha value is -2.40. The number of rotatable bonds is 3. The van der Waals surface area contributed by atoms with Crippen LogP contribution in [0.25, 0.3) is 6.08 Å². The second kappa shape index (κ2) is 7.55. The number of hydrogen-bond acceptors (Lipinski definition) is 3. The van der Waals surface area contributed by atoms with Gasteiger partial charge in [0.05, 0.1) is 10.8 Å². The lowest BCUT2D eigenvalue weighted by Gasteiger charge is -2.30. The van der Waals surface area contributed by atoms with E-state index >= 15 is 0 Å². The van der Waals surface area contributed by atoms with Gasteiger partial charge in [-0.15, -0.1) is 0 Å². The molecule has 2 aromatic carbocycles. The molecule has 0 amide bonds. The molecule has 28 heavy (non-hydrogen) atoms. The fourth-order valence-electron chi connectivity index (χ4n) is 4.28. The molecule has 0 aromatic heterocycles. The van der Waals surface area contributed by atoms with E-state index in [1.807, 2.05) is 55.5 Å². The van der Waals surface area contributed by atoms with E-state index < -0.39 is 10.0 Å². The van der Waals surface area contributed by atoms with Crippen LogP contribution < -0.4 is 0 Å². The number of hydrogen-bond donors (Lipinski definition) is 0. The van der Waals surface area contributed by atoms with Crippen molar-refractivity contribution in [2.24, 2.45) is 11.8 Å². The minimum absolute atomic E-state index is 0.0314. The quantitative estimate of drug-likeness (QED) is 0.773. The monoisotopic (exact) mass is 395 g/mol. The van der Waals surface area contributed by atoms with E-state index in [1.54, 1.807) is 12.1 Å². The molecule has 0 spiro atoms. The second-order valence-corrected chi connectivity index (χ2v) is 9.60. The molecule has 2 aromatic rings. The highest BCUT2D eigenvalue weighted by molar-refractivity contribution is 7.89. The molecule has 1 aliphatic heterocycles. The van der Waals surface area contributed by atoms with Gasteiger partial charge in [0.1, 0.15) is 5.78 Å². The number of sulfonamides is 1. The number of fused-ring (bicyclic) bond motifs is 2. The Labute approximate surface area is 166 Å². The first-order valence-corrected chi connectivity index (χ1v) is 11.3. The van der Waals surface area contributed by atoms with Gasteiger partial charge in [-0.3, -0.25) is 9.10 Å². The number of allylic oxidation sites excluding steroid dienone is 1. The summed E-state index contributed by atoms with van der Waals surface area (Å²) < 4.78 is 28.5. The van der Waals surface area contributed by atoms with E-state index in [9.17, 15) is 13.2 Å². The van der Waals surface area contributed by atoms with Crippen molar-refractivity contribution in [1.29, 1.82) is 0 Å². The first-order chi connectivity index (χ1) is 13.5. The van der Waals surface area contributed by atoms with Crippen molar-refractivity contribution >= 4 is 21.9 Å². The molecular weight excluding hydrogens is 370 g/mol. The molecule has 4 rings (SSSR count). The van der Waals surface area contributed by atoms with Gasteiger partial charge >= 0.3 is 0 Å². The van der Waals surface area contributed by atoms with Crippen molar-refractivity contribution in [1.82, 2.24) is 4.31 Å². The normalized spacial score (nSPS) is 24.2. The molecule has 1 saturated heterocycles. The molecule has 0 radical (unpaired) electrons. The zero-order valence-corrected chi connectivity index (χ0v) is 16.9. The summed E-state index contributed by atoms with van der Waals surface area (Å²) in [5, 5.41) is 0. The molecule has 1 saturated carbocycles. The molecule has 0 N–H and O–H groups in total. The summed E-state index contributed by atoms with van der Waals surface area (Å²) >= 11 is 0. The van der Waals surface area contributed by atoms with E-state index in [1.165, 1.54) is 4.31 Å². The standard InChI is InChI=1S/C23H25NO3S/c1-17-10-12-20(13-11-17)28(26,27)24-15-14-19-8-5-9-21(23(19)25)22(24)16-18-6-3-2-4-7-18/h2-4,6-7,10-13,16,19,21H,5,8-9,14-15H2,1H3/b22-16+. The summed E-state index contributed by atoms with van der Waals surface area (Å²) in [6.07, 6.45) is 5.03. The van der Waals surface area contributed by atoms with Gasteiger partial charge in [-0.05, 0) is 50.0 Å². The molecule has 2 atom stereocenters. The van der Waals surface area contributed by atoms with Crippen LogP contribution in [0.2, 0.25) is 0 Å². The van der Waals surface area contributed by atoms with E-state index in [4.69, 9.17) is 0 Å². The summed E-state index contributed by atoms with van der Waals surface area (Å²) in [6.45, 7) is 2.28. The lowest BCUT2D eigenvalue weighted by atomic mass is 9.78. The largest absolute Gasteiger partial charge is 0.299 e. The number of Topliss-reactive ketones (excluding diaryl/α,β-unsaturated/α-hetero) is 1. The van der Waals surface area contributed by atoms with Gasteiger partial charge in [0.2, 0.25) is 0 Å². The van der Waals surface area contributed by atoms with Gasteiger partial charge < -0.3 is 0 Å². The van der Waals surface area contributed by atoms with E-state index in [0.717, 1.165) is 24.0 Å². The maximum absolute atomic E-state index is 13.5. The first-order valence-electron chi connectivity index (χ1n) is 9.86. The zero-order valence-electron chi connectivity index (χ0n) is 16.0. The number of carbonyl (C=O) groups is 1. The van der Waals surface area contributed by atoms with Crippen molar-refractivity contribution in [2.45, 2.75) is 37.5 Å². The van der Waals surface area contributed by atoms with Crippen LogP contribution in [0.3, 0.4) is 0 Å². The minimum Gasteiger partial charge on any atom is -0.299 e. The van der Waals surface area contributed by atoms with Gasteiger partial charge in [-0.25, -0.2) is 8.42 Å². The average molecular weight is 396 g/mol. The van der Waals surface area contributed by atoms with E-state index in [0.29, 0.717) is 25.1 Å². The third-order valence-electron chi connectivity index (χ3n) is 5.84. The molecule has 146 valence electrons. The van der Waals surface area contributed by atoms with Gasteiger partial charge in [0.15, 0.2) is 0 Å². The van der Waals surface area contributed by atoms with Crippen molar-refractivity contribution < 1.29 is 13.2 Å². The van der Waals surface area contributed by atoms with Crippen LogP contribution in [0.5, 0.6) is 0 Å². The first kappa shape index (κ1) is 18.9. The van der Waals surface area contributed by atoms with Gasteiger partial charge in [0, 0.05) is 18.2 Å². The molecule has 5 heteroatoms. The van der Waals surface area contributed by atoms with E-state index in [2.05, 4.69) is 0 Å². The molecular formula is C23H25NO3S. The number of ketones is 1. The molecule has 1 aliphatic carbocycles.